The normalized spacial score (nSPS) is 15.1. The minimum atomic E-state index is 0.762. The molecule has 0 amide bonds. The topological polar surface area (TPSA) is 25.8 Å². The molecule has 2 aromatic rings. The smallest absolute Gasteiger partial charge is 0.159 e. The van der Waals surface area contributed by atoms with Gasteiger partial charge in [-0.1, -0.05) is 89.0 Å². The highest BCUT2D eigenvalue weighted by atomic mass is 14.9. The van der Waals surface area contributed by atoms with Crippen LogP contribution < -0.4 is 0 Å². The first-order valence-electron chi connectivity index (χ1n) is 11.3. The summed E-state index contributed by atoms with van der Waals surface area (Å²) in [4.78, 5) is 9.24. The summed E-state index contributed by atoms with van der Waals surface area (Å²) in [6.45, 7) is 2.27. The van der Waals surface area contributed by atoms with Gasteiger partial charge in [-0.25, -0.2) is 9.97 Å². The summed E-state index contributed by atoms with van der Waals surface area (Å²) in [6, 6.07) is 8.99. The molecule has 0 unspecified atom stereocenters. The second-order valence-electron chi connectivity index (χ2n) is 8.24. The Kier molecular flexibility index (Phi) is 8.32. The number of nitrogens with zero attached hydrogens (tertiary/aromatic N) is 2. The van der Waals surface area contributed by atoms with Gasteiger partial charge in [0.15, 0.2) is 5.82 Å². The molecule has 1 aromatic heterocycles. The lowest BCUT2D eigenvalue weighted by molar-refractivity contribution is 0.443. The van der Waals surface area contributed by atoms with E-state index in [1.54, 1.807) is 0 Å². The van der Waals surface area contributed by atoms with Crippen LogP contribution in [-0.2, 0) is 6.42 Å². The SMILES string of the molecule is CCCCCCCCCc1cnc(-c2ccc(C3CCCCC3)cc2)nc1. The van der Waals surface area contributed by atoms with Crippen molar-refractivity contribution in [3.8, 4) is 11.4 Å². The first-order valence-corrected chi connectivity index (χ1v) is 11.3. The number of aromatic nitrogens is 2. The van der Waals surface area contributed by atoms with Crippen molar-refractivity contribution in [1.82, 2.24) is 9.97 Å². The first-order chi connectivity index (χ1) is 13.4. The molecule has 1 aliphatic carbocycles. The largest absolute Gasteiger partial charge is 0.236 e. The molecule has 2 heteroatoms. The Bertz CT molecular complexity index is 639. The third-order valence-corrected chi connectivity index (χ3v) is 6.02. The van der Waals surface area contributed by atoms with Crippen molar-refractivity contribution in [3.05, 3.63) is 47.8 Å². The molecule has 27 heavy (non-hydrogen) atoms. The molecule has 0 aliphatic heterocycles. The molecule has 0 spiro atoms. The Morgan fingerprint density at radius 1 is 0.778 bits per heavy atom. The molecule has 1 heterocycles. The van der Waals surface area contributed by atoms with Crippen LogP contribution in [0, 0.1) is 0 Å². The summed E-state index contributed by atoms with van der Waals surface area (Å²) >= 11 is 0. The zero-order chi connectivity index (χ0) is 18.7. The van der Waals surface area contributed by atoms with E-state index >= 15 is 0 Å². The van der Waals surface area contributed by atoms with Crippen molar-refractivity contribution in [1.29, 1.82) is 0 Å². The fourth-order valence-electron chi connectivity index (χ4n) is 4.26. The van der Waals surface area contributed by atoms with Gasteiger partial charge in [0.05, 0.1) is 0 Å². The van der Waals surface area contributed by atoms with Gasteiger partial charge in [-0.2, -0.15) is 0 Å². The third-order valence-electron chi connectivity index (χ3n) is 6.02. The first kappa shape index (κ1) is 20.0. The maximum Gasteiger partial charge on any atom is 0.159 e. The lowest BCUT2D eigenvalue weighted by Crippen LogP contribution is -2.04. The molecule has 1 aliphatic rings. The van der Waals surface area contributed by atoms with Gasteiger partial charge in [0.1, 0.15) is 0 Å². The molecule has 0 saturated heterocycles. The molecule has 0 N–H and O–H groups in total. The summed E-state index contributed by atoms with van der Waals surface area (Å²) in [5, 5.41) is 0. The van der Waals surface area contributed by atoms with Gasteiger partial charge in [0.25, 0.3) is 0 Å². The highest BCUT2D eigenvalue weighted by Crippen LogP contribution is 2.33. The Hall–Kier alpha value is -1.70. The van der Waals surface area contributed by atoms with E-state index in [-0.39, 0.29) is 0 Å². The second-order valence-corrected chi connectivity index (χ2v) is 8.24. The number of benzene rings is 1. The standard InChI is InChI=1S/C25H36N2/c1-2-3-4-5-6-7-9-12-21-19-26-25(27-20-21)24-17-15-23(16-18-24)22-13-10-8-11-14-22/h15-20,22H,2-14H2,1H3. The lowest BCUT2D eigenvalue weighted by Gasteiger charge is -2.22. The Morgan fingerprint density at radius 2 is 1.41 bits per heavy atom. The molecule has 1 aromatic carbocycles. The lowest BCUT2D eigenvalue weighted by atomic mass is 9.84. The minimum absolute atomic E-state index is 0.762. The summed E-state index contributed by atoms with van der Waals surface area (Å²) in [7, 11) is 0. The molecule has 146 valence electrons. The summed E-state index contributed by atoms with van der Waals surface area (Å²) in [6.07, 6.45) is 21.5. The molecule has 2 nitrogen and oxygen atoms in total. The van der Waals surface area contributed by atoms with Crippen LogP contribution in [0.3, 0.4) is 0 Å². The monoisotopic (exact) mass is 364 g/mol. The van der Waals surface area contributed by atoms with Gasteiger partial charge in [0, 0.05) is 18.0 Å². The van der Waals surface area contributed by atoms with Crippen LogP contribution in [0.1, 0.15) is 101 Å². The van der Waals surface area contributed by atoms with Gasteiger partial charge in [0.2, 0.25) is 0 Å². The molecular weight excluding hydrogens is 328 g/mol. The number of aryl methyl sites for hydroxylation is 1. The molecule has 1 saturated carbocycles. The Labute approximate surface area is 165 Å². The highest BCUT2D eigenvalue weighted by molar-refractivity contribution is 5.55. The number of hydrogen-bond acceptors (Lipinski definition) is 2. The maximum absolute atomic E-state index is 4.62. The number of rotatable bonds is 10. The van der Waals surface area contributed by atoms with Gasteiger partial charge >= 0.3 is 0 Å². The van der Waals surface area contributed by atoms with Crippen LogP contribution in [-0.4, -0.2) is 9.97 Å². The Morgan fingerprint density at radius 3 is 2.07 bits per heavy atom. The predicted octanol–water partition coefficient (Wildman–Crippen LogP) is 7.48. The average Bonchev–Trinajstić information content (AvgIpc) is 2.74. The van der Waals surface area contributed by atoms with Crippen LogP contribution in [0.25, 0.3) is 11.4 Å². The average molecular weight is 365 g/mol. The van der Waals surface area contributed by atoms with E-state index in [0.29, 0.717) is 0 Å². The van der Waals surface area contributed by atoms with E-state index in [4.69, 9.17) is 0 Å². The quantitative estimate of drug-likeness (QED) is 0.408. The maximum atomic E-state index is 4.62. The van der Waals surface area contributed by atoms with Crippen LogP contribution in [0.5, 0.6) is 0 Å². The molecule has 3 rings (SSSR count). The van der Waals surface area contributed by atoms with Crippen LogP contribution >= 0.6 is 0 Å². The van der Waals surface area contributed by atoms with Crippen molar-refractivity contribution in [2.24, 2.45) is 0 Å². The van der Waals surface area contributed by atoms with Gasteiger partial charge in [-0.15, -0.1) is 0 Å². The zero-order valence-electron chi connectivity index (χ0n) is 17.1. The third kappa shape index (κ3) is 6.45. The van der Waals surface area contributed by atoms with E-state index < -0.39 is 0 Å². The molecule has 0 radical (unpaired) electrons. The summed E-state index contributed by atoms with van der Waals surface area (Å²) in [5.74, 6) is 1.62. The summed E-state index contributed by atoms with van der Waals surface area (Å²) in [5.41, 5.74) is 3.90. The fourth-order valence-corrected chi connectivity index (χ4v) is 4.26. The van der Waals surface area contributed by atoms with Gasteiger partial charge in [-0.3, -0.25) is 0 Å². The van der Waals surface area contributed by atoms with Crippen molar-refractivity contribution < 1.29 is 0 Å². The van der Waals surface area contributed by atoms with Crippen LogP contribution in [0.15, 0.2) is 36.7 Å². The zero-order valence-corrected chi connectivity index (χ0v) is 17.1. The molecule has 0 atom stereocenters. The fraction of sp³-hybridized carbons (Fsp3) is 0.600. The summed E-state index contributed by atoms with van der Waals surface area (Å²) < 4.78 is 0. The van der Waals surface area contributed by atoms with Crippen molar-refractivity contribution in [2.75, 3.05) is 0 Å². The predicted molar refractivity (Wildman–Crippen MR) is 115 cm³/mol. The molecule has 1 fully saturated rings. The van der Waals surface area contributed by atoms with Crippen LogP contribution in [0.4, 0.5) is 0 Å². The van der Waals surface area contributed by atoms with E-state index in [2.05, 4.69) is 41.2 Å². The van der Waals surface area contributed by atoms with E-state index in [1.807, 2.05) is 12.4 Å². The molecule has 0 bridgehead atoms. The van der Waals surface area contributed by atoms with Gasteiger partial charge in [-0.05, 0) is 42.7 Å². The molecular formula is C25H36N2. The van der Waals surface area contributed by atoms with Gasteiger partial charge < -0.3 is 0 Å². The van der Waals surface area contributed by atoms with E-state index in [1.165, 1.54) is 88.2 Å². The highest BCUT2D eigenvalue weighted by Gasteiger charge is 2.15. The van der Waals surface area contributed by atoms with E-state index in [0.717, 1.165) is 23.7 Å². The van der Waals surface area contributed by atoms with Crippen molar-refractivity contribution in [2.45, 2.75) is 96.3 Å². The van der Waals surface area contributed by atoms with Crippen molar-refractivity contribution in [3.63, 3.8) is 0 Å². The number of hydrogen-bond donors (Lipinski definition) is 0. The van der Waals surface area contributed by atoms with E-state index in [9.17, 15) is 0 Å². The van der Waals surface area contributed by atoms with Crippen molar-refractivity contribution >= 4 is 0 Å². The second kappa shape index (κ2) is 11.2. The minimum Gasteiger partial charge on any atom is -0.236 e. The van der Waals surface area contributed by atoms with Crippen LogP contribution in [0.2, 0.25) is 0 Å². The number of unbranched alkanes of at least 4 members (excludes halogenated alkanes) is 6. The Balaban J connectivity index is 1.45.